The quantitative estimate of drug-likeness (QED) is 0.0717. The van der Waals surface area contributed by atoms with Gasteiger partial charge >= 0.3 is 11.9 Å². The van der Waals surface area contributed by atoms with Crippen LogP contribution in [0.4, 0.5) is 0 Å². The van der Waals surface area contributed by atoms with Gasteiger partial charge in [0.15, 0.2) is 0 Å². The predicted molar refractivity (Wildman–Crippen MR) is 170 cm³/mol. The predicted octanol–water partition coefficient (Wildman–Crippen LogP) is 11.8. The van der Waals surface area contributed by atoms with Crippen molar-refractivity contribution in [3.63, 3.8) is 0 Å². The van der Waals surface area contributed by atoms with Gasteiger partial charge in [0.25, 0.3) is 0 Å². The largest absolute Gasteiger partial charge is 0.478 e. The first-order valence-electron chi connectivity index (χ1n) is 16.7. The summed E-state index contributed by atoms with van der Waals surface area (Å²) in [6.45, 7) is 11.6. The Hall–Kier alpha value is -1.58. The highest BCUT2D eigenvalue weighted by Crippen LogP contribution is 2.15. The fourth-order valence-corrected chi connectivity index (χ4v) is 4.75. The fourth-order valence-electron chi connectivity index (χ4n) is 4.75. The lowest BCUT2D eigenvalue weighted by Gasteiger charge is -2.03. The molecule has 0 aromatic heterocycles. The number of rotatable bonds is 29. The number of unbranched alkanes of at least 4 members (excludes halogenated alkanes) is 23. The fraction of sp³-hybridized carbons (Fsp3) is 0.829. The van der Waals surface area contributed by atoms with E-state index in [-0.39, 0.29) is 0 Å². The number of carboxylic acids is 2. The zero-order chi connectivity index (χ0) is 29.4. The highest BCUT2D eigenvalue weighted by atomic mass is 16.4. The Morgan fingerprint density at radius 2 is 0.564 bits per heavy atom. The Labute approximate surface area is 243 Å². The first-order valence-corrected chi connectivity index (χ1v) is 16.7. The summed E-state index contributed by atoms with van der Waals surface area (Å²) < 4.78 is 0. The topological polar surface area (TPSA) is 74.6 Å². The average molecular weight is 551 g/mol. The molecule has 0 spiro atoms. The number of hydrogen-bond acceptors (Lipinski definition) is 2. The van der Waals surface area contributed by atoms with Crippen LogP contribution in [0.5, 0.6) is 0 Å². The number of hydrogen-bond donors (Lipinski definition) is 2. The summed E-state index contributed by atoms with van der Waals surface area (Å²) >= 11 is 0. The van der Waals surface area contributed by atoms with Crippen molar-refractivity contribution in [2.24, 2.45) is 0 Å². The van der Waals surface area contributed by atoms with E-state index >= 15 is 0 Å². The molecular formula is C35H66O4. The molecule has 0 aliphatic rings. The van der Waals surface area contributed by atoms with Crippen molar-refractivity contribution >= 4 is 11.9 Å². The van der Waals surface area contributed by atoms with E-state index in [9.17, 15) is 9.59 Å². The van der Waals surface area contributed by atoms with E-state index in [2.05, 4.69) is 27.0 Å². The Bertz CT molecular complexity index is 581. The molecule has 0 saturated carbocycles. The number of carboxylic acid groups (broad SMARTS) is 2. The molecule has 0 radical (unpaired) electrons. The second kappa shape index (κ2) is 32.6. The van der Waals surface area contributed by atoms with E-state index in [0.29, 0.717) is 24.0 Å². The second-order valence-electron chi connectivity index (χ2n) is 11.4. The standard InChI is InChI=1S/C18H34O2.C17H32O2/c1-3-4-5-6-7-8-9-10-11-12-13-14-15-16-17(2)18(19)20;1-3-4-5-6-7-8-9-10-11-12-13-14-15-16(2)17(18)19/h2-16H2,1H3,(H,19,20);2-15H2,1H3,(H,18,19). The van der Waals surface area contributed by atoms with Gasteiger partial charge < -0.3 is 10.2 Å². The Morgan fingerprint density at radius 3 is 0.744 bits per heavy atom. The molecule has 0 atom stereocenters. The number of carbonyl (C=O) groups is 2. The van der Waals surface area contributed by atoms with Crippen LogP contribution in [0.1, 0.15) is 187 Å². The minimum Gasteiger partial charge on any atom is -0.478 e. The molecule has 0 aliphatic heterocycles. The van der Waals surface area contributed by atoms with Crippen LogP contribution in [0, 0.1) is 0 Å². The maximum Gasteiger partial charge on any atom is 0.330 e. The van der Waals surface area contributed by atoms with Crippen molar-refractivity contribution in [2.75, 3.05) is 0 Å². The van der Waals surface area contributed by atoms with Crippen LogP contribution in [0.3, 0.4) is 0 Å². The maximum absolute atomic E-state index is 10.5. The third-order valence-corrected chi connectivity index (χ3v) is 7.52. The summed E-state index contributed by atoms with van der Waals surface area (Å²) in [4.78, 5) is 21.1. The van der Waals surface area contributed by atoms with E-state index in [4.69, 9.17) is 10.2 Å². The molecule has 0 saturated heterocycles. The van der Waals surface area contributed by atoms with Gasteiger partial charge in [-0.05, 0) is 25.7 Å². The smallest absolute Gasteiger partial charge is 0.330 e. The van der Waals surface area contributed by atoms with Gasteiger partial charge in [-0.2, -0.15) is 0 Å². The Morgan fingerprint density at radius 1 is 0.385 bits per heavy atom. The van der Waals surface area contributed by atoms with Crippen molar-refractivity contribution in [2.45, 2.75) is 187 Å². The van der Waals surface area contributed by atoms with E-state index < -0.39 is 11.9 Å². The molecule has 2 N–H and O–H groups in total. The molecule has 4 heteroatoms. The average Bonchev–Trinajstić information content (AvgIpc) is 2.91. The van der Waals surface area contributed by atoms with Crippen LogP contribution < -0.4 is 0 Å². The van der Waals surface area contributed by atoms with E-state index in [1.807, 2.05) is 0 Å². The van der Waals surface area contributed by atoms with Crippen LogP contribution in [0.2, 0.25) is 0 Å². The van der Waals surface area contributed by atoms with Gasteiger partial charge in [-0.3, -0.25) is 0 Å². The van der Waals surface area contributed by atoms with Crippen LogP contribution in [0.15, 0.2) is 24.3 Å². The Kier molecular flexibility index (Phi) is 33.1. The molecule has 4 nitrogen and oxygen atoms in total. The van der Waals surface area contributed by atoms with Gasteiger partial charge in [-0.1, -0.05) is 175 Å². The molecule has 0 amide bonds. The van der Waals surface area contributed by atoms with E-state index in [0.717, 1.165) is 25.7 Å². The third-order valence-electron chi connectivity index (χ3n) is 7.52. The second-order valence-corrected chi connectivity index (χ2v) is 11.4. The first kappa shape index (κ1) is 39.6. The summed E-state index contributed by atoms with van der Waals surface area (Å²) in [6.07, 6.45) is 34.1. The molecular weight excluding hydrogens is 484 g/mol. The first-order chi connectivity index (χ1) is 18.9. The lowest BCUT2D eigenvalue weighted by Crippen LogP contribution is -1.98. The zero-order valence-electron chi connectivity index (χ0n) is 26.2. The minimum absolute atomic E-state index is 0.354. The van der Waals surface area contributed by atoms with Crippen molar-refractivity contribution in [1.82, 2.24) is 0 Å². The molecule has 0 aromatic carbocycles. The van der Waals surface area contributed by atoms with Gasteiger partial charge in [-0.25, -0.2) is 9.59 Å². The molecule has 230 valence electrons. The Balaban J connectivity index is 0. The van der Waals surface area contributed by atoms with E-state index in [1.54, 1.807) is 0 Å². The maximum atomic E-state index is 10.5. The van der Waals surface area contributed by atoms with Crippen molar-refractivity contribution < 1.29 is 19.8 Å². The summed E-state index contributed by atoms with van der Waals surface area (Å²) in [5.74, 6) is -1.69. The highest BCUT2D eigenvalue weighted by Gasteiger charge is 2.03. The normalized spacial score (nSPS) is 10.6. The molecule has 39 heavy (non-hydrogen) atoms. The molecule has 0 aromatic rings. The van der Waals surface area contributed by atoms with Crippen molar-refractivity contribution in [3.05, 3.63) is 24.3 Å². The highest BCUT2D eigenvalue weighted by molar-refractivity contribution is 5.85. The van der Waals surface area contributed by atoms with Crippen LogP contribution >= 0.6 is 0 Å². The molecule has 0 unspecified atom stereocenters. The van der Waals surface area contributed by atoms with Gasteiger partial charge in [0.2, 0.25) is 0 Å². The monoisotopic (exact) mass is 550 g/mol. The van der Waals surface area contributed by atoms with E-state index in [1.165, 1.54) is 135 Å². The summed E-state index contributed by atoms with van der Waals surface area (Å²) in [6, 6.07) is 0. The van der Waals surface area contributed by atoms with Crippen molar-refractivity contribution in [1.29, 1.82) is 0 Å². The number of aliphatic carboxylic acids is 2. The third kappa shape index (κ3) is 34.4. The zero-order valence-corrected chi connectivity index (χ0v) is 26.2. The molecule has 0 aliphatic carbocycles. The van der Waals surface area contributed by atoms with Gasteiger partial charge in [-0.15, -0.1) is 0 Å². The lowest BCUT2D eigenvalue weighted by atomic mass is 10.0. The van der Waals surface area contributed by atoms with Crippen LogP contribution in [-0.4, -0.2) is 22.2 Å². The lowest BCUT2D eigenvalue weighted by molar-refractivity contribution is -0.133. The molecule has 0 bridgehead atoms. The summed E-state index contributed by atoms with van der Waals surface area (Å²) in [5.41, 5.74) is 0.708. The van der Waals surface area contributed by atoms with Gasteiger partial charge in [0.05, 0.1) is 0 Å². The van der Waals surface area contributed by atoms with Gasteiger partial charge in [0.1, 0.15) is 0 Å². The SMILES string of the molecule is C=C(CCCCCCCCCCCCCC)C(=O)O.C=C(CCCCCCCCCCCCCCC)C(=O)O. The minimum atomic E-state index is -0.844. The van der Waals surface area contributed by atoms with Gasteiger partial charge in [0, 0.05) is 11.1 Å². The van der Waals surface area contributed by atoms with Crippen molar-refractivity contribution in [3.8, 4) is 0 Å². The van der Waals surface area contributed by atoms with Crippen LogP contribution in [0.25, 0.3) is 0 Å². The molecule has 0 fully saturated rings. The molecule has 0 rings (SSSR count). The summed E-state index contributed by atoms with van der Waals surface area (Å²) in [7, 11) is 0. The van der Waals surface area contributed by atoms with Crippen LogP contribution in [-0.2, 0) is 9.59 Å². The molecule has 0 heterocycles. The summed E-state index contributed by atoms with van der Waals surface area (Å²) in [5, 5.41) is 17.3.